The smallest absolute Gasteiger partial charge is 0.175 e. The molecule has 0 heterocycles. The van der Waals surface area contributed by atoms with Crippen LogP contribution in [0.15, 0.2) is 60.7 Å². The Morgan fingerprint density at radius 3 is 2.06 bits per heavy atom. The highest BCUT2D eigenvalue weighted by molar-refractivity contribution is 14.1. The number of halogens is 1. The quantitative estimate of drug-likeness (QED) is 0.470. The second-order valence-corrected chi connectivity index (χ2v) is 5.39. The first-order valence-corrected chi connectivity index (χ1v) is 6.79. The third kappa shape index (κ3) is 3.40. The molecule has 17 heavy (non-hydrogen) atoms. The maximum Gasteiger partial charge on any atom is 0.175 e. The van der Waals surface area contributed by atoms with E-state index in [2.05, 4.69) is 34.7 Å². The van der Waals surface area contributed by atoms with E-state index in [1.54, 1.807) is 0 Å². The summed E-state index contributed by atoms with van der Waals surface area (Å²) in [5, 5.41) is 0. The van der Waals surface area contributed by atoms with Crippen molar-refractivity contribution in [1.82, 2.24) is 0 Å². The molecule has 0 aliphatic rings. The van der Waals surface area contributed by atoms with E-state index in [4.69, 9.17) is 0 Å². The van der Waals surface area contributed by atoms with E-state index in [0.29, 0.717) is 0 Å². The average molecular weight is 336 g/mol. The van der Waals surface area contributed by atoms with E-state index in [0.717, 1.165) is 12.0 Å². The Hall–Kier alpha value is -1.16. The van der Waals surface area contributed by atoms with Gasteiger partial charge in [0.25, 0.3) is 0 Å². The third-order valence-corrected chi connectivity index (χ3v) is 3.61. The van der Waals surface area contributed by atoms with E-state index >= 15 is 0 Å². The zero-order valence-electron chi connectivity index (χ0n) is 9.34. The molecule has 0 bridgehead atoms. The minimum Gasteiger partial charge on any atom is -0.293 e. The highest BCUT2D eigenvalue weighted by Crippen LogP contribution is 2.16. The van der Waals surface area contributed by atoms with E-state index < -0.39 is 0 Å². The van der Waals surface area contributed by atoms with E-state index in [-0.39, 0.29) is 9.71 Å². The molecule has 2 rings (SSSR count). The number of benzene rings is 2. The minimum atomic E-state index is -0.00241. The van der Waals surface area contributed by atoms with Crippen molar-refractivity contribution in [1.29, 1.82) is 0 Å². The number of alkyl halides is 1. The molecular weight excluding hydrogens is 323 g/mol. The summed E-state index contributed by atoms with van der Waals surface area (Å²) in [5.74, 6) is 0.204. The number of rotatable bonds is 4. The molecule has 0 aliphatic carbocycles. The monoisotopic (exact) mass is 336 g/mol. The zero-order chi connectivity index (χ0) is 12.1. The molecule has 0 aromatic heterocycles. The lowest BCUT2D eigenvalue weighted by molar-refractivity contribution is 0.0994. The third-order valence-electron chi connectivity index (χ3n) is 2.60. The van der Waals surface area contributed by atoms with Gasteiger partial charge in [-0.05, 0) is 12.0 Å². The first-order valence-electron chi connectivity index (χ1n) is 5.54. The van der Waals surface area contributed by atoms with Crippen molar-refractivity contribution in [2.45, 2.75) is 10.3 Å². The Bertz CT molecular complexity index is 479. The maximum atomic E-state index is 12.1. The van der Waals surface area contributed by atoms with Crippen LogP contribution in [-0.4, -0.2) is 9.71 Å². The largest absolute Gasteiger partial charge is 0.293 e. The number of Topliss-reactive ketones (excluding diaryl/α,β-unsaturated/α-hetero) is 1. The summed E-state index contributed by atoms with van der Waals surface area (Å²) in [6.45, 7) is 0. The van der Waals surface area contributed by atoms with Gasteiger partial charge < -0.3 is 0 Å². The van der Waals surface area contributed by atoms with Crippen molar-refractivity contribution in [3.05, 3.63) is 71.8 Å². The van der Waals surface area contributed by atoms with Crippen molar-refractivity contribution >= 4 is 28.4 Å². The fraction of sp³-hybridized carbons (Fsp3) is 0.133. The lowest BCUT2D eigenvalue weighted by Crippen LogP contribution is -2.16. The molecule has 0 radical (unpaired) electrons. The van der Waals surface area contributed by atoms with Gasteiger partial charge in [-0.1, -0.05) is 83.3 Å². The topological polar surface area (TPSA) is 17.1 Å². The first-order chi connectivity index (χ1) is 8.27. The number of hydrogen-bond acceptors (Lipinski definition) is 1. The summed E-state index contributed by atoms with van der Waals surface area (Å²) in [7, 11) is 0. The lowest BCUT2D eigenvalue weighted by atomic mass is 10.0. The molecule has 86 valence electrons. The normalized spacial score (nSPS) is 12.1. The fourth-order valence-electron chi connectivity index (χ4n) is 1.70. The number of hydrogen-bond donors (Lipinski definition) is 0. The molecule has 0 fully saturated rings. The van der Waals surface area contributed by atoms with Crippen molar-refractivity contribution in [3.63, 3.8) is 0 Å². The molecule has 2 aromatic carbocycles. The van der Waals surface area contributed by atoms with Gasteiger partial charge in [-0.15, -0.1) is 0 Å². The predicted molar refractivity (Wildman–Crippen MR) is 78.7 cm³/mol. The lowest BCUT2D eigenvalue weighted by Gasteiger charge is -2.08. The highest BCUT2D eigenvalue weighted by atomic mass is 127. The van der Waals surface area contributed by atoms with Gasteiger partial charge in [-0.25, -0.2) is 0 Å². The van der Waals surface area contributed by atoms with Crippen molar-refractivity contribution in [2.75, 3.05) is 0 Å². The van der Waals surface area contributed by atoms with Crippen LogP contribution in [0.3, 0.4) is 0 Å². The van der Waals surface area contributed by atoms with E-state index in [1.807, 2.05) is 48.5 Å². The van der Waals surface area contributed by atoms with Crippen LogP contribution < -0.4 is 0 Å². The van der Waals surface area contributed by atoms with Crippen LogP contribution in [0.4, 0.5) is 0 Å². The van der Waals surface area contributed by atoms with Crippen LogP contribution in [0.25, 0.3) is 0 Å². The number of carbonyl (C=O) groups excluding carboxylic acids is 1. The van der Waals surface area contributed by atoms with Gasteiger partial charge in [-0.3, -0.25) is 4.79 Å². The molecule has 0 N–H and O–H groups in total. The van der Waals surface area contributed by atoms with Gasteiger partial charge in [0.15, 0.2) is 5.78 Å². The van der Waals surface area contributed by atoms with E-state index in [9.17, 15) is 4.79 Å². The summed E-state index contributed by atoms with van der Waals surface area (Å²) < 4.78 is -0.00241. The van der Waals surface area contributed by atoms with Gasteiger partial charge in [0.2, 0.25) is 0 Å². The van der Waals surface area contributed by atoms with Crippen LogP contribution in [-0.2, 0) is 6.42 Å². The molecule has 1 unspecified atom stereocenters. The Kier molecular flexibility index (Phi) is 4.31. The summed E-state index contributed by atoms with van der Waals surface area (Å²) in [5.41, 5.74) is 2.00. The van der Waals surface area contributed by atoms with Gasteiger partial charge in [0, 0.05) is 5.56 Å². The maximum absolute atomic E-state index is 12.1. The standard InChI is InChI=1S/C15H13IO/c16-14(11-12-7-3-1-4-8-12)15(17)13-9-5-2-6-10-13/h1-10,14H,11H2. The molecule has 0 spiro atoms. The van der Waals surface area contributed by atoms with Gasteiger partial charge in [0.1, 0.15) is 0 Å². The average Bonchev–Trinajstić information content (AvgIpc) is 2.40. The molecule has 0 saturated heterocycles. The predicted octanol–water partition coefficient (Wildman–Crippen LogP) is 3.92. The zero-order valence-corrected chi connectivity index (χ0v) is 11.5. The van der Waals surface area contributed by atoms with Crippen molar-refractivity contribution in [3.8, 4) is 0 Å². The fourth-order valence-corrected chi connectivity index (χ4v) is 2.57. The van der Waals surface area contributed by atoms with Crippen LogP contribution in [0.2, 0.25) is 0 Å². The minimum absolute atomic E-state index is 0.00241. The van der Waals surface area contributed by atoms with Gasteiger partial charge in [0.05, 0.1) is 3.92 Å². The summed E-state index contributed by atoms with van der Waals surface area (Å²) in [4.78, 5) is 12.1. The molecule has 0 amide bonds. The second-order valence-electron chi connectivity index (χ2n) is 3.89. The van der Waals surface area contributed by atoms with Crippen molar-refractivity contribution < 1.29 is 4.79 Å². The van der Waals surface area contributed by atoms with Crippen LogP contribution in [0.5, 0.6) is 0 Å². The first kappa shape index (κ1) is 12.3. The summed E-state index contributed by atoms with van der Waals surface area (Å²) >= 11 is 2.23. The van der Waals surface area contributed by atoms with E-state index in [1.165, 1.54) is 5.56 Å². The molecule has 1 atom stereocenters. The molecule has 1 nitrogen and oxygen atoms in total. The van der Waals surface area contributed by atoms with Crippen LogP contribution in [0.1, 0.15) is 15.9 Å². The highest BCUT2D eigenvalue weighted by Gasteiger charge is 2.16. The summed E-state index contributed by atoms with van der Waals surface area (Å²) in [6, 6.07) is 19.6. The SMILES string of the molecule is O=C(c1ccccc1)C(I)Cc1ccccc1. The Balaban J connectivity index is 2.06. The molecule has 2 aromatic rings. The Morgan fingerprint density at radius 1 is 0.941 bits per heavy atom. The molecular formula is C15H13IO. The Labute approximate surface area is 115 Å². The van der Waals surface area contributed by atoms with Crippen LogP contribution >= 0.6 is 22.6 Å². The van der Waals surface area contributed by atoms with Crippen LogP contribution in [0, 0.1) is 0 Å². The molecule has 0 saturated carbocycles. The van der Waals surface area contributed by atoms with Crippen molar-refractivity contribution in [2.24, 2.45) is 0 Å². The summed E-state index contributed by atoms with van der Waals surface area (Å²) in [6.07, 6.45) is 0.787. The second kappa shape index (κ2) is 5.96. The van der Waals surface area contributed by atoms with Gasteiger partial charge >= 0.3 is 0 Å². The molecule has 2 heteroatoms. The Morgan fingerprint density at radius 2 is 1.47 bits per heavy atom. The number of ketones is 1. The van der Waals surface area contributed by atoms with Gasteiger partial charge in [-0.2, -0.15) is 0 Å². The number of carbonyl (C=O) groups is 1. The molecule has 0 aliphatic heterocycles.